The number of hydrogen-bond acceptors (Lipinski definition) is 6. The molecule has 4 heterocycles. The molecule has 4 aliphatic rings. The molecule has 8 rings (SSSR count). The monoisotopic (exact) mass is 777 g/mol. The van der Waals surface area contributed by atoms with Gasteiger partial charge in [0.25, 0.3) is 5.91 Å². The predicted octanol–water partition coefficient (Wildman–Crippen LogP) is 7.10. The van der Waals surface area contributed by atoms with E-state index in [4.69, 9.17) is 21.1 Å². The Labute approximate surface area is 328 Å². The Hall–Kier alpha value is -4.48. The Morgan fingerprint density at radius 1 is 0.982 bits per heavy atom. The Kier molecular flexibility index (Phi) is 9.90. The molecule has 4 aromatic carbocycles. The number of para-hydroxylation sites is 1. The molecule has 286 valence electrons. The summed E-state index contributed by atoms with van der Waals surface area (Å²) in [6.07, 6.45) is 2.36. The number of aryl methyl sites for hydroxylation is 1. The summed E-state index contributed by atoms with van der Waals surface area (Å²) in [5.41, 5.74) is 3.70. The van der Waals surface area contributed by atoms with Crippen LogP contribution in [0.1, 0.15) is 49.3 Å². The van der Waals surface area contributed by atoms with Gasteiger partial charge >= 0.3 is 0 Å². The van der Waals surface area contributed by atoms with Crippen molar-refractivity contribution in [3.05, 3.63) is 113 Å². The number of anilines is 3. The number of hydrogen-bond donors (Lipinski definition) is 1. The highest BCUT2D eigenvalue weighted by molar-refractivity contribution is 6.91. The van der Waals surface area contributed by atoms with Crippen LogP contribution >= 0.6 is 11.6 Å². The molecule has 55 heavy (non-hydrogen) atoms. The van der Waals surface area contributed by atoms with Crippen molar-refractivity contribution in [2.75, 3.05) is 30.1 Å². The van der Waals surface area contributed by atoms with Crippen molar-refractivity contribution in [2.24, 2.45) is 5.92 Å². The number of benzene rings is 4. The largest absolute Gasteiger partial charge is 0.497 e. The number of aliphatic hydroxyl groups is 1. The Bertz CT molecular complexity index is 2130. The van der Waals surface area contributed by atoms with Crippen LogP contribution in [0.4, 0.5) is 17.1 Å². The molecule has 0 unspecified atom stereocenters. The van der Waals surface area contributed by atoms with Gasteiger partial charge in [-0.2, -0.15) is 0 Å². The molecule has 4 aliphatic heterocycles. The average Bonchev–Trinajstić information content (AvgIpc) is 3.85. The van der Waals surface area contributed by atoms with Crippen LogP contribution in [0, 0.1) is 5.92 Å². The second-order valence-corrected chi connectivity index (χ2v) is 21.1. The fourth-order valence-corrected chi connectivity index (χ4v) is 14.1. The first-order valence-electron chi connectivity index (χ1n) is 19.3. The lowest BCUT2D eigenvalue weighted by Gasteiger charge is -2.37. The summed E-state index contributed by atoms with van der Waals surface area (Å²) >= 11 is 6.71. The lowest BCUT2D eigenvalue weighted by molar-refractivity contribution is -0.150. The molecule has 0 aromatic heterocycles. The number of aliphatic hydroxyl groups excluding tert-OH is 1. The van der Waals surface area contributed by atoms with E-state index in [1.165, 1.54) is 5.19 Å². The van der Waals surface area contributed by atoms with Crippen LogP contribution in [0.5, 0.6) is 5.75 Å². The third-order valence-electron chi connectivity index (χ3n) is 12.7. The van der Waals surface area contributed by atoms with Gasteiger partial charge in [0.05, 0.1) is 58.3 Å². The van der Waals surface area contributed by atoms with Crippen molar-refractivity contribution >= 4 is 59.6 Å². The van der Waals surface area contributed by atoms with E-state index in [0.29, 0.717) is 18.0 Å². The van der Waals surface area contributed by atoms with Crippen molar-refractivity contribution in [1.29, 1.82) is 0 Å². The van der Waals surface area contributed by atoms with Crippen molar-refractivity contribution < 1.29 is 29.0 Å². The van der Waals surface area contributed by atoms with Crippen LogP contribution in [0.15, 0.2) is 91.0 Å². The molecule has 4 aromatic rings. The van der Waals surface area contributed by atoms with Gasteiger partial charge in [0, 0.05) is 35.2 Å². The number of halogens is 1. The zero-order valence-corrected chi connectivity index (χ0v) is 33.6. The first kappa shape index (κ1) is 37.4. The Morgan fingerprint density at radius 2 is 1.73 bits per heavy atom. The highest BCUT2D eigenvalue weighted by Crippen LogP contribution is 2.60. The summed E-state index contributed by atoms with van der Waals surface area (Å²) in [5.74, 6) is 0.293. The van der Waals surface area contributed by atoms with E-state index in [-0.39, 0.29) is 54.8 Å². The highest BCUT2D eigenvalue weighted by Gasteiger charge is 2.66. The van der Waals surface area contributed by atoms with Crippen molar-refractivity contribution in [3.63, 3.8) is 0 Å². The fourth-order valence-electron chi connectivity index (χ4n) is 9.93. The first-order valence-corrected chi connectivity index (χ1v) is 22.8. The Morgan fingerprint density at radius 3 is 2.45 bits per heavy atom. The summed E-state index contributed by atoms with van der Waals surface area (Å²) in [4.78, 5) is 47.8. The molecule has 0 bridgehead atoms. The van der Waals surface area contributed by atoms with Gasteiger partial charge in [-0.3, -0.25) is 19.3 Å². The molecule has 11 heteroatoms. The van der Waals surface area contributed by atoms with Gasteiger partial charge in [-0.25, -0.2) is 0 Å². The number of carbonyl (C=O) groups is 3. The van der Waals surface area contributed by atoms with Gasteiger partial charge in [-0.1, -0.05) is 79.3 Å². The van der Waals surface area contributed by atoms with E-state index in [1.54, 1.807) is 27.9 Å². The van der Waals surface area contributed by atoms with Crippen LogP contribution in [-0.2, 0) is 37.7 Å². The topological polar surface area (TPSA) is 99.6 Å². The minimum Gasteiger partial charge on any atom is -0.497 e. The van der Waals surface area contributed by atoms with Crippen LogP contribution in [-0.4, -0.2) is 68.2 Å². The third kappa shape index (κ3) is 6.27. The van der Waals surface area contributed by atoms with E-state index in [9.17, 15) is 14.7 Å². The van der Waals surface area contributed by atoms with E-state index in [1.807, 2.05) is 66.7 Å². The smallest absolute Gasteiger partial charge is 0.264 e. The van der Waals surface area contributed by atoms with Crippen molar-refractivity contribution in [1.82, 2.24) is 4.90 Å². The van der Waals surface area contributed by atoms with E-state index in [2.05, 4.69) is 38.2 Å². The lowest BCUT2D eigenvalue weighted by atomic mass is 9.82. The molecule has 1 spiro atoms. The predicted molar refractivity (Wildman–Crippen MR) is 217 cm³/mol. The molecule has 2 saturated heterocycles. The zero-order chi connectivity index (χ0) is 38.6. The molecule has 0 saturated carbocycles. The number of methoxy groups -OCH3 is 1. The minimum atomic E-state index is -2.48. The number of fused-ring (bicyclic) bond motifs is 3. The normalized spacial score (nSPS) is 24.8. The molecule has 2 fully saturated rings. The number of ether oxygens (including phenoxy) is 2. The van der Waals surface area contributed by atoms with Crippen LogP contribution < -0.4 is 19.7 Å². The number of likely N-dealkylation sites (tertiary alicyclic amines) is 1. The summed E-state index contributed by atoms with van der Waals surface area (Å²) in [7, 11) is -0.835. The summed E-state index contributed by atoms with van der Waals surface area (Å²) in [5, 5.41) is 11.8. The van der Waals surface area contributed by atoms with Gasteiger partial charge in [0.15, 0.2) is 5.60 Å². The number of rotatable bonds is 9. The molecule has 1 N–H and O–H groups in total. The maximum Gasteiger partial charge on any atom is 0.264 e. The van der Waals surface area contributed by atoms with Crippen LogP contribution in [0.3, 0.4) is 0 Å². The van der Waals surface area contributed by atoms with Gasteiger partial charge in [-0.15, -0.1) is 0 Å². The van der Waals surface area contributed by atoms with E-state index < -0.39 is 19.8 Å². The molecule has 0 aliphatic carbocycles. The maximum absolute atomic E-state index is 15.3. The van der Waals surface area contributed by atoms with Crippen LogP contribution in [0.2, 0.25) is 23.7 Å². The molecule has 0 radical (unpaired) electrons. The number of nitrogens with zero attached hydrogens (tertiary/aromatic N) is 3. The second-order valence-electron chi connectivity index (χ2n) is 16.0. The SMILES string of the molecule is COc1ccc([Si](C)(C)[C@@H]2[C@@H](CC(=O)N3CCC[C@H]3CO)O[C@]3(C(=O)N(Cc4ccc(N5C(=O)CCc6ccccc65)cc4)c4ccc(Cl)cc43)[C@H]2C)cc1. The maximum atomic E-state index is 15.3. The molecular weight excluding hydrogens is 730 g/mol. The van der Waals surface area contributed by atoms with E-state index >= 15 is 4.79 Å². The summed E-state index contributed by atoms with van der Waals surface area (Å²) in [6, 6.07) is 29.4. The summed E-state index contributed by atoms with van der Waals surface area (Å²) in [6.45, 7) is 7.51. The quantitative estimate of drug-likeness (QED) is 0.182. The van der Waals surface area contributed by atoms with Crippen molar-refractivity contribution in [3.8, 4) is 5.75 Å². The van der Waals surface area contributed by atoms with Gasteiger partial charge in [-0.05, 0) is 84.5 Å². The Balaban J connectivity index is 1.15. The summed E-state index contributed by atoms with van der Waals surface area (Å²) < 4.78 is 12.7. The standard InChI is InChI=1S/C44H48ClN3O6Si/c1-28-42(55(3,4)35-19-17-34(53-2)18-20-35)39(25-41(51)46-23-7-9-33(46)27-49)54-44(28)36-24-31(45)14-21-38(36)47(43(44)52)26-29-11-15-32(16-12-29)48-37-10-6-5-8-30(37)13-22-40(48)50/h5-6,8,10-12,14-21,24,28,33,39,42,49H,7,9,13,22-23,25-27H2,1-4H3/t28-,33-,39+,42-,44+/m0/s1. The molecule has 3 amide bonds. The molecular formula is C44H48ClN3O6Si. The number of amides is 3. The van der Waals surface area contributed by atoms with E-state index in [0.717, 1.165) is 58.8 Å². The van der Waals surface area contributed by atoms with Gasteiger partial charge < -0.3 is 24.4 Å². The van der Waals surface area contributed by atoms with Crippen LogP contribution in [0.25, 0.3) is 0 Å². The first-order chi connectivity index (χ1) is 26.5. The lowest BCUT2D eigenvalue weighted by Crippen LogP contribution is -2.52. The molecule has 9 nitrogen and oxygen atoms in total. The second kappa shape index (κ2) is 14.5. The minimum absolute atomic E-state index is 0.0566. The fraction of sp³-hybridized carbons (Fsp3) is 0.386. The highest BCUT2D eigenvalue weighted by atomic mass is 35.5. The van der Waals surface area contributed by atoms with Gasteiger partial charge in [0.1, 0.15) is 5.75 Å². The zero-order valence-electron chi connectivity index (χ0n) is 31.8. The average molecular weight is 778 g/mol. The van der Waals surface area contributed by atoms with Crippen molar-refractivity contribution in [2.45, 2.75) is 82.0 Å². The number of carbonyl (C=O) groups excluding carboxylic acids is 3. The third-order valence-corrected chi connectivity index (χ3v) is 17.3. The molecule has 5 atom stereocenters. The van der Waals surface area contributed by atoms with Gasteiger partial charge in [0.2, 0.25) is 11.8 Å².